The van der Waals surface area contributed by atoms with Crippen LogP contribution in [-0.4, -0.2) is 85.6 Å². The number of anilines is 2. The summed E-state index contributed by atoms with van der Waals surface area (Å²) in [6.45, 7) is 8.39. The topological polar surface area (TPSA) is 97.0 Å². The molecule has 0 aliphatic carbocycles. The number of morpholine rings is 1. The molecule has 3 aliphatic heterocycles. The van der Waals surface area contributed by atoms with Gasteiger partial charge in [-0.25, -0.2) is 4.98 Å². The number of amides is 1. The molecule has 3 aromatic rings. The molecule has 3 aliphatic rings. The number of nitrogens with two attached hydrogens (primary N) is 1. The van der Waals surface area contributed by atoms with E-state index in [1.165, 1.54) is 12.8 Å². The molecule has 0 bridgehead atoms. The van der Waals surface area contributed by atoms with E-state index in [1.54, 1.807) is 11.3 Å². The van der Waals surface area contributed by atoms with Crippen molar-refractivity contribution in [3.63, 3.8) is 0 Å². The maximum atomic E-state index is 12.0. The first-order valence-corrected chi connectivity index (χ1v) is 15.1. The van der Waals surface area contributed by atoms with E-state index in [0.29, 0.717) is 25.6 Å². The van der Waals surface area contributed by atoms with Gasteiger partial charge in [-0.3, -0.25) is 9.69 Å². The van der Waals surface area contributed by atoms with Gasteiger partial charge >= 0.3 is 0 Å². The van der Waals surface area contributed by atoms with E-state index < -0.39 is 12.0 Å². The number of likely N-dealkylation sites (tertiary alicyclic amines) is 1. The number of benzene rings is 1. The smallest absolute Gasteiger partial charge is 0.248 e. The van der Waals surface area contributed by atoms with Crippen LogP contribution in [0.1, 0.15) is 32.6 Å². The van der Waals surface area contributed by atoms with Crippen LogP contribution in [0.3, 0.4) is 0 Å². The van der Waals surface area contributed by atoms with Crippen molar-refractivity contribution in [2.75, 3.05) is 62.3 Å². The van der Waals surface area contributed by atoms with Crippen molar-refractivity contribution >= 4 is 39.2 Å². The van der Waals surface area contributed by atoms with Gasteiger partial charge in [-0.05, 0) is 38.2 Å². The molecule has 1 aromatic carbocycles. The monoisotopic (exact) mass is 550 g/mol. The van der Waals surface area contributed by atoms with Crippen LogP contribution < -0.4 is 15.5 Å². The molecule has 208 valence electrons. The molecule has 2 atom stereocenters. The highest BCUT2D eigenvalue weighted by atomic mass is 32.1. The second-order valence-electron chi connectivity index (χ2n) is 10.7. The predicted octanol–water partition coefficient (Wildman–Crippen LogP) is 3.72. The van der Waals surface area contributed by atoms with Crippen molar-refractivity contribution in [3.05, 3.63) is 35.7 Å². The first-order chi connectivity index (χ1) is 19.1. The van der Waals surface area contributed by atoms with Gasteiger partial charge in [0.15, 0.2) is 6.10 Å². The van der Waals surface area contributed by atoms with Crippen molar-refractivity contribution in [1.82, 2.24) is 14.9 Å². The van der Waals surface area contributed by atoms with Crippen LogP contribution in [0.4, 0.5) is 11.8 Å². The minimum absolute atomic E-state index is 0.211. The van der Waals surface area contributed by atoms with Gasteiger partial charge in [0, 0.05) is 56.2 Å². The van der Waals surface area contributed by atoms with Crippen LogP contribution in [0.5, 0.6) is 0 Å². The Kier molecular flexibility index (Phi) is 7.97. The Morgan fingerprint density at radius 3 is 2.59 bits per heavy atom. The first-order valence-electron chi connectivity index (χ1n) is 14.2. The summed E-state index contributed by atoms with van der Waals surface area (Å²) in [6, 6.07) is 10.4. The van der Waals surface area contributed by atoms with Gasteiger partial charge < -0.3 is 25.0 Å². The minimum atomic E-state index is -0.650. The molecule has 3 fully saturated rings. The van der Waals surface area contributed by atoms with Gasteiger partial charge in [0.05, 0.1) is 18.5 Å². The summed E-state index contributed by atoms with van der Waals surface area (Å²) in [7, 11) is 0. The number of ether oxygens (including phenoxy) is 2. The summed E-state index contributed by atoms with van der Waals surface area (Å²) in [5.41, 5.74) is 7.87. The third-order valence-electron chi connectivity index (χ3n) is 8.23. The molecular weight excluding hydrogens is 512 g/mol. The number of hydrogen-bond donors (Lipinski definition) is 1. The highest BCUT2D eigenvalue weighted by Gasteiger charge is 2.34. The summed E-state index contributed by atoms with van der Waals surface area (Å²) in [4.78, 5) is 30.2. The Labute approximate surface area is 233 Å². The SMILES string of the molecule is CCOC(C1CCN(c2nc(N3CCOC(C(N)=O)C3)c3c(-c4ccccc4)csc3n2)CC1)N1CCCC1. The molecule has 9 nitrogen and oxygen atoms in total. The largest absolute Gasteiger partial charge is 0.367 e. The molecule has 2 aromatic heterocycles. The number of fused-ring (bicyclic) bond motifs is 1. The van der Waals surface area contributed by atoms with Gasteiger partial charge in [-0.1, -0.05) is 30.3 Å². The van der Waals surface area contributed by atoms with E-state index >= 15 is 0 Å². The molecule has 1 amide bonds. The number of rotatable bonds is 8. The van der Waals surface area contributed by atoms with E-state index in [2.05, 4.69) is 39.1 Å². The zero-order valence-electron chi connectivity index (χ0n) is 22.6. The van der Waals surface area contributed by atoms with Crippen molar-refractivity contribution in [2.24, 2.45) is 11.7 Å². The Balaban J connectivity index is 1.30. The Morgan fingerprint density at radius 1 is 1.10 bits per heavy atom. The maximum Gasteiger partial charge on any atom is 0.248 e. The molecule has 5 heterocycles. The van der Waals surface area contributed by atoms with Crippen LogP contribution in [0.25, 0.3) is 21.3 Å². The Bertz CT molecular complexity index is 1270. The van der Waals surface area contributed by atoms with Crippen LogP contribution in [0.2, 0.25) is 0 Å². The van der Waals surface area contributed by atoms with E-state index in [0.717, 1.165) is 78.7 Å². The number of carbonyl (C=O) groups is 1. The standard InChI is InChI=1S/C29H38N6O3S/c1-2-37-28(33-12-6-7-13-33)21-10-14-34(15-11-21)29-31-26(35-16-17-38-23(18-35)25(30)36)24-22(19-39-27(24)32-29)20-8-4-3-5-9-20/h3-5,8-9,19,21,23,28H,2,6-7,10-18H2,1H3,(H2,30,36). The van der Waals surface area contributed by atoms with Crippen molar-refractivity contribution in [3.8, 4) is 11.1 Å². The molecule has 2 unspecified atom stereocenters. The molecule has 10 heteroatoms. The number of primary amides is 1. The lowest BCUT2D eigenvalue weighted by Gasteiger charge is -2.39. The van der Waals surface area contributed by atoms with E-state index in [9.17, 15) is 4.79 Å². The lowest BCUT2D eigenvalue weighted by molar-refractivity contribution is -0.130. The van der Waals surface area contributed by atoms with Gasteiger partial charge in [0.25, 0.3) is 0 Å². The normalized spacial score (nSPS) is 22.0. The number of thiophene rings is 1. The van der Waals surface area contributed by atoms with Crippen LogP contribution in [0.15, 0.2) is 35.7 Å². The van der Waals surface area contributed by atoms with E-state index in [-0.39, 0.29) is 6.23 Å². The molecule has 0 radical (unpaired) electrons. The van der Waals surface area contributed by atoms with Crippen molar-refractivity contribution in [2.45, 2.75) is 44.9 Å². The van der Waals surface area contributed by atoms with Gasteiger partial charge in [0.1, 0.15) is 16.9 Å². The summed E-state index contributed by atoms with van der Waals surface area (Å²) < 4.78 is 11.9. The second kappa shape index (κ2) is 11.8. The fourth-order valence-corrected chi connectivity index (χ4v) is 7.15. The minimum Gasteiger partial charge on any atom is -0.367 e. The quantitative estimate of drug-likeness (QED) is 0.453. The molecular formula is C29H38N6O3S. The maximum absolute atomic E-state index is 12.0. The van der Waals surface area contributed by atoms with Crippen LogP contribution in [-0.2, 0) is 14.3 Å². The summed E-state index contributed by atoms with van der Waals surface area (Å²) in [5.74, 6) is 1.69. The fourth-order valence-electron chi connectivity index (χ4n) is 6.22. The Morgan fingerprint density at radius 2 is 1.87 bits per heavy atom. The zero-order chi connectivity index (χ0) is 26.8. The summed E-state index contributed by atoms with van der Waals surface area (Å²) in [6.07, 6.45) is 4.20. The highest BCUT2D eigenvalue weighted by Crippen LogP contribution is 2.40. The average molecular weight is 551 g/mol. The molecule has 6 rings (SSSR count). The van der Waals surface area contributed by atoms with Gasteiger partial charge in [0.2, 0.25) is 11.9 Å². The number of aromatic nitrogens is 2. The van der Waals surface area contributed by atoms with Crippen LogP contribution in [0, 0.1) is 5.92 Å². The molecule has 3 saturated heterocycles. The van der Waals surface area contributed by atoms with E-state index in [4.69, 9.17) is 25.2 Å². The lowest BCUT2D eigenvalue weighted by Crippen LogP contribution is -2.49. The highest BCUT2D eigenvalue weighted by molar-refractivity contribution is 7.17. The van der Waals surface area contributed by atoms with Crippen LogP contribution >= 0.6 is 11.3 Å². The van der Waals surface area contributed by atoms with Gasteiger partial charge in [-0.15, -0.1) is 11.3 Å². The zero-order valence-corrected chi connectivity index (χ0v) is 23.4. The predicted molar refractivity (Wildman–Crippen MR) is 155 cm³/mol. The second-order valence-corrected chi connectivity index (χ2v) is 11.5. The number of carbonyl (C=O) groups excluding carboxylic acids is 1. The third-order valence-corrected chi connectivity index (χ3v) is 9.11. The molecule has 0 saturated carbocycles. The first kappa shape index (κ1) is 26.4. The van der Waals surface area contributed by atoms with Gasteiger partial charge in [-0.2, -0.15) is 4.98 Å². The molecule has 2 N–H and O–H groups in total. The number of nitrogens with zero attached hydrogens (tertiary/aromatic N) is 5. The lowest BCUT2D eigenvalue weighted by atomic mass is 9.94. The van der Waals surface area contributed by atoms with E-state index in [1.807, 2.05) is 18.2 Å². The third kappa shape index (κ3) is 5.48. The fraction of sp³-hybridized carbons (Fsp3) is 0.552. The summed E-state index contributed by atoms with van der Waals surface area (Å²) >= 11 is 1.65. The molecule has 0 spiro atoms. The number of piperidine rings is 1. The van der Waals surface area contributed by atoms with Crippen molar-refractivity contribution in [1.29, 1.82) is 0 Å². The Hall–Kier alpha value is -2.79. The average Bonchev–Trinajstić information content (AvgIpc) is 3.67. The molecule has 39 heavy (non-hydrogen) atoms. The summed E-state index contributed by atoms with van der Waals surface area (Å²) in [5, 5.41) is 3.20. The number of hydrogen-bond acceptors (Lipinski definition) is 9. The van der Waals surface area contributed by atoms with Crippen molar-refractivity contribution < 1.29 is 14.3 Å².